The highest BCUT2D eigenvalue weighted by atomic mass is 19.3. The quantitative estimate of drug-likeness (QED) is 0.879. The summed E-state index contributed by atoms with van der Waals surface area (Å²) in [5.74, 6) is -0.309. The van der Waals surface area contributed by atoms with Crippen LogP contribution in [0.5, 0.6) is 11.5 Å². The maximum absolute atomic E-state index is 12.9. The molecule has 3 rings (SSSR count). The van der Waals surface area contributed by atoms with Crippen molar-refractivity contribution in [1.29, 1.82) is 0 Å². The van der Waals surface area contributed by atoms with E-state index in [1.165, 1.54) is 18.2 Å². The number of alkyl halides is 2. The van der Waals surface area contributed by atoms with E-state index in [9.17, 15) is 13.6 Å². The van der Waals surface area contributed by atoms with Gasteiger partial charge < -0.3 is 20.1 Å². The van der Waals surface area contributed by atoms with Gasteiger partial charge in [0.25, 0.3) is 0 Å². The highest BCUT2D eigenvalue weighted by Crippen LogP contribution is 2.42. The summed E-state index contributed by atoms with van der Waals surface area (Å²) in [5, 5.41) is 5.95. The van der Waals surface area contributed by atoms with E-state index in [-0.39, 0.29) is 24.0 Å². The first-order valence-electron chi connectivity index (χ1n) is 7.15. The zero-order valence-electron chi connectivity index (χ0n) is 11.9. The molecule has 1 aromatic rings. The molecule has 1 saturated heterocycles. The van der Waals surface area contributed by atoms with E-state index in [4.69, 9.17) is 0 Å². The maximum Gasteiger partial charge on any atom is 0.586 e. The van der Waals surface area contributed by atoms with E-state index < -0.39 is 6.29 Å². The van der Waals surface area contributed by atoms with Crippen molar-refractivity contribution in [2.75, 3.05) is 38.0 Å². The number of nitrogens with one attached hydrogen (secondary N) is 2. The summed E-state index contributed by atoms with van der Waals surface area (Å²) in [7, 11) is 0. The van der Waals surface area contributed by atoms with E-state index in [0.29, 0.717) is 5.69 Å². The van der Waals surface area contributed by atoms with E-state index in [1.54, 1.807) is 0 Å². The molecule has 8 heteroatoms. The summed E-state index contributed by atoms with van der Waals surface area (Å²) in [4.78, 5) is 14.1. The Morgan fingerprint density at radius 1 is 1.27 bits per heavy atom. The lowest BCUT2D eigenvalue weighted by molar-refractivity contribution is -0.286. The number of carbonyl (C=O) groups is 1. The second kappa shape index (κ2) is 6.05. The molecule has 2 heterocycles. The summed E-state index contributed by atoms with van der Waals surface area (Å²) in [6.07, 6.45) is -2.66. The van der Waals surface area contributed by atoms with Crippen LogP contribution in [-0.4, -0.2) is 49.8 Å². The van der Waals surface area contributed by atoms with Gasteiger partial charge in [0, 0.05) is 24.8 Å². The molecule has 0 spiro atoms. The number of hydrogen-bond acceptors (Lipinski definition) is 5. The van der Waals surface area contributed by atoms with Gasteiger partial charge in [-0.1, -0.05) is 0 Å². The monoisotopic (exact) mass is 313 g/mol. The number of ether oxygens (including phenoxy) is 2. The Balaban J connectivity index is 1.58. The third-order valence-electron chi connectivity index (χ3n) is 3.48. The normalized spacial score (nSPS) is 20.5. The Hall–Kier alpha value is -1.93. The molecule has 0 atom stereocenters. The van der Waals surface area contributed by atoms with Crippen LogP contribution in [0.4, 0.5) is 14.5 Å². The van der Waals surface area contributed by atoms with Crippen LogP contribution in [0.1, 0.15) is 6.42 Å². The van der Waals surface area contributed by atoms with Crippen molar-refractivity contribution in [2.24, 2.45) is 0 Å². The van der Waals surface area contributed by atoms with Crippen molar-refractivity contribution in [3.8, 4) is 11.5 Å². The van der Waals surface area contributed by atoms with Gasteiger partial charge in [0.15, 0.2) is 11.5 Å². The van der Waals surface area contributed by atoms with Crippen LogP contribution in [0.3, 0.4) is 0 Å². The number of anilines is 1. The molecule has 0 aliphatic carbocycles. The highest BCUT2D eigenvalue weighted by Gasteiger charge is 2.43. The van der Waals surface area contributed by atoms with E-state index in [0.717, 1.165) is 32.6 Å². The average molecular weight is 313 g/mol. The Labute approximate surface area is 126 Å². The van der Waals surface area contributed by atoms with Gasteiger partial charge in [-0.3, -0.25) is 9.69 Å². The van der Waals surface area contributed by atoms with Crippen molar-refractivity contribution in [2.45, 2.75) is 12.7 Å². The lowest BCUT2D eigenvalue weighted by atomic mass is 10.2. The van der Waals surface area contributed by atoms with Gasteiger partial charge in [0.2, 0.25) is 5.91 Å². The summed E-state index contributed by atoms with van der Waals surface area (Å²) in [5.41, 5.74) is 0.401. The van der Waals surface area contributed by atoms with Gasteiger partial charge in [0.1, 0.15) is 0 Å². The lowest BCUT2D eigenvalue weighted by Crippen LogP contribution is -2.35. The van der Waals surface area contributed by atoms with Crippen LogP contribution >= 0.6 is 0 Å². The van der Waals surface area contributed by atoms with Gasteiger partial charge in [-0.15, -0.1) is 8.78 Å². The summed E-state index contributed by atoms with van der Waals surface area (Å²) in [6.45, 7) is 3.74. The van der Waals surface area contributed by atoms with E-state index in [1.807, 2.05) is 0 Å². The first kappa shape index (κ1) is 15.0. The molecule has 2 aliphatic heterocycles. The average Bonchev–Trinajstić information content (AvgIpc) is 2.61. The molecule has 1 amide bonds. The Morgan fingerprint density at radius 2 is 2.09 bits per heavy atom. The fourth-order valence-electron chi connectivity index (χ4n) is 2.49. The van der Waals surface area contributed by atoms with Crippen LogP contribution in [-0.2, 0) is 4.79 Å². The fraction of sp³-hybridized carbons (Fsp3) is 0.500. The van der Waals surface area contributed by atoms with Crippen molar-refractivity contribution in [3.05, 3.63) is 18.2 Å². The molecule has 0 radical (unpaired) electrons. The molecular weight excluding hydrogens is 296 g/mol. The minimum Gasteiger partial charge on any atom is -0.395 e. The van der Waals surface area contributed by atoms with Crippen molar-refractivity contribution in [3.63, 3.8) is 0 Å². The smallest absolute Gasteiger partial charge is 0.395 e. The minimum absolute atomic E-state index is 0.0402. The van der Waals surface area contributed by atoms with Crippen LogP contribution in [0.25, 0.3) is 0 Å². The molecule has 2 aliphatic rings. The summed E-state index contributed by atoms with van der Waals surface area (Å²) >= 11 is 0. The Morgan fingerprint density at radius 3 is 2.95 bits per heavy atom. The van der Waals surface area contributed by atoms with E-state index >= 15 is 0 Å². The zero-order chi connectivity index (χ0) is 15.6. The van der Waals surface area contributed by atoms with Crippen molar-refractivity contribution >= 4 is 11.6 Å². The molecule has 0 bridgehead atoms. The number of fused-ring (bicyclic) bond motifs is 1. The van der Waals surface area contributed by atoms with Crippen LogP contribution in [0.15, 0.2) is 18.2 Å². The van der Waals surface area contributed by atoms with Gasteiger partial charge in [-0.25, -0.2) is 0 Å². The van der Waals surface area contributed by atoms with Gasteiger partial charge in [0.05, 0.1) is 6.54 Å². The first-order chi connectivity index (χ1) is 10.5. The third kappa shape index (κ3) is 3.63. The van der Waals surface area contributed by atoms with Crippen LogP contribution < -0.4 is 20.1 Å². The van der Waals surface area contributed by atoms with Gasteiger partial charge in [-0.2, -0.15) is 0 Å². The fourth-order valence-corrected chi connectivity index (χ4v) is 2.49. The molecule has 0 aromatic heterocycles. The predicted octanol–water partition coefficient (Wildman–Crippen LogP) is 1.24. The first-order valence-corrected chi connectivity index (χ1v) is 7.15. The number of rotatable bonds is 3. The number of halogens is 2. The molecule has 6 nitrogen and oxygen atoms in total. The molecule has 0 saturated carbocycles. The standard InChI is InChI=1S/C14H17F2N3O3/c15-14(16)21-11-3-2-10(8-12(11)22-14)18-13(20)9-19-6-1-4-17-5-7-19/h2-3,8,17H,1,4-7,9H2,(H,18,20). The van der Waals surface area contributed by atoms with Gasteiger partial charge in [-0.05, 0) is 31.6 Å². The van der Waals surface area contributed by atoms with Crippen molar-refractivity contribution < 1.29 is 23.0 Å². The second-order valence-corrected chi connectivity index (χ2v) is 5.26. The number of nitrogens with zero attached hydrogens (tertiary/aromatic N) is 1. The predicted molar refractivity (Wildman–Crippen MR) is 75.2 cm³/mol. The number of amides is 1. The Bertz CT molecular complexity index is 560. The molecule has 120 valence electrons. The molecule has 0 unspecified atom stereocenters. The molecule has 22 heavy (non-hydrogen) atoms. The topological polar surface area (TPSA) is 62.8 Å². The lowest BCUT2D eigenvalue weighted by Gasteiger charge is -2.18. The third-order valence-corrected chi connectivity index (χ3v) is 3.48. The largest absolute Gasteiger partial charge is 0.586 e. The minimum atomic E-state index is -3.65. The zero-order valence-corrected chi connectivity index (χ0v) is 11.9. The maximum atomic E-state index is 12.9. The highest BCUT2D eigenvalue weighted by molar-refractivity contribution is 5.92. The van der Waals surface area contributed by atoms with E-state index in [2.05, 4.69) is 25.0 Å². The number of benzene rings is 1. The molecule has 2 N–H and O–H groups in total. The molecular formula is C14H17F2N3O3. The second-order valence-electron chi connectivity index (χ2n) is 5.26. The van der Waals surface area contributed by atoms with Crippen LogP contribution in [0, 0.1) is 0 Å². The number of hydrogen-bond donors (Lipinski definition) is 2. The van der Waals surface area contributed by atoms with Crippen LogP contribution in [0.2, 0.25) is 0 Å². The molecule has 1 aromatic carbocycles. The number of carbonyl (C=O) groups excluding carboxylic acids is 1. The van der Waals surface area contributed by atoms with Gasteiger partial charge >= 0.3 is 6.29 Å². The van der Waals surface area contributed by atoms with Crippen molar-refractivity contribution in [1.82, 2.24) is 10.2 Å². The Kier molecular flexibility index (Phi) is 4.12. The molecule has 1 fully saturated rings. The summed E-state index contributed by atoms with van der Waals surface area (Å²) < 4.78 is 34.5. The SMILES string of the molecule is O=C(CN1CCCNCC1)Nc1ccc2c(c1)OC(F)(F)O2. The summed E-state index contributed by atoms with van der Waals surface area (Å²) in [6, 6.07) is 4.19.